The quantitative estimate of drug-likeness (QED) is 0.127. The van der Waals surface area contributed by atoms with E-state index in [1.165, 1.54) is 18.2 Å². The van der Waals surface area contributed by atoms with Gasteiger partial charge in [-0.1, -0.05) is 54.6 Å². The van der Waals surface area contributed by atoms with Crippen LogP contribution in [0.15, 0.2) is 77.2 Å². The highest BCUT2D eigenvalue weighted by molar-refractivity contribution is 7.79. The third-order valence-electron chi connectivity index (χ3n) is 7.19. The molecule has 0 bridgehead atoms. The summed E-state index contributed by atoms with van der Waals surface area (Å²) in [4.78, 5) is 4.80. The van der Waals surface area contributed by atoms with Gasteiger partial charge in [-0.15, -0.1) is 0 Å². The van der Waals surface area contributed by atoms with Crippen molar-refractivity contribution >= 4 is 46.8 Å². The van der Waals surface area contributed by atoms with Crippen LogP contribution in [0.4, 0.5) is 17.6 Å². The van der Waals surface area contributed by atoms with Crippen LogP contribution in [0.1, 0.15) is 27.8 Å². The second kappa shape index (κ2) is 10.7. The lowest BCUT2D eigenvalue weighted by atomic mass is 9.82. The van der Waals surface area contributed by atoms with E-state index in [-0.39, 0.29) is 22.5 Å². The molecule has 1 aliphatic carbocycles. The lowest BCUT2D eigenvalue weighted by Gasteiger charge is -2.24. The van der Waals surface area contributed by atoms with Crippen molar-refractivity contribution < 1.29 is 17.6 Å². The summed E-state index contributed by atoms with van der Waals surface area (Å²) in [5.41, 5.74) is 1.70. The van der Waals surface area contributed by atoms with Crippen molar-refractivity contribution in [2.75, 3.05) is 0 Å². The standard InChI is InChI=1S/C33H15F4N5S/c34-27-23(15-39)28(35)30(37)25(29(27)36)19-10-11-20-24(12-19)41-32(18-4-2-1-3-5-18)22-13-21(33(42-43)31(40)26(20)22)17-8-6-16(14-38)7-9-17/h1-13,40,43H/b40-31?,42-33-. The maximum Gasteiger partial charge on any atom is 0.180 e. The maximum atomic E-state index is 15.0. The molecule has 10 heteroatoms. The SMILES string of the molecule is N#Cc1ccc(C2=Cc3c(-c4ccccc4)nc4cc(-c5c(F)c(F)c(C#N)c(F)c5F)ccc4c3C(=N)/C2=N\S)cc1. The molecule has 206 valence electrons. The molecule has 1 aliphatic rings. The number of nitriles is 2. The Kier molecular flexibility index (Phi) is 6.85. The Morgan fingerprint density at radius 1 is 0.744 bits per heavy atom. The fraction of sp³-hybridized carbons (Fsp3) is 0. The molecule has 0 saturated heterocycles. The maximum absolute atomic E-state index is 15.0. The third-order valence-corrected chi connectivity index (χ3v) is 7.39. The van der Waals surface area contributed by atoms with E-state index in [0.717, 1.165) is 6.07 Å². The Bertz CT molecular complexity index is 2130. The smallest absolute Gasteiger partial charge is 0.180 e. The van der Waals surface area contributed by atoms with Gasteiger partial charge in [-0.25, -0.2) is 26.9 Å². The minimum Gasteiger partial charge on any atom is -0.298 e. The van der Waals surface area contributed by atoms with Crippen molar-refractivity contribution in [3.8, 4) is 34.5 Å². The minimum atomic E-state index is -1.79. The van der Waals surface area contributed by atoms with Gasteiger partial charge in [0, 0.05) is 27.6 Å². The summed E-state index contributed by atoms with van der Waals surface area (Å²) in [6.45, 7) is 0. The molecule has 0 fully saturated rings. The molecule has 0 spiro atoms. The van der Waals surface area contributed by atoms with Crippen molar-refractivity contribution in [2.24, 2.45) is 4.40 Å². The number of thiol groups is 1. The van der Waals surface area contributed by atoms with Crippen molar-refractivity contribution in [1.29, 1.82) is 15.9 Å². The molecule has 4 aromatic carbocycles. The average Bonchev–Trinajstić information content (AvgIpc) is 3.04. The van der Waals surface area contributed by atoms with Gasteiger partial charge in [0.05, 0.1) is 34.1 Å². The molecule has 1 heterocycles. The first-order valence-corrected chi connectivity index (χ1v) is 13.0. The van der Waals surface area contributed by atoms with E-state index in [1.807, 2.05) is 24.3 Å². The number of nitrogens with zero attached hydrogens (tertiary/aromatic N) is 4. The third kappa shape index (κ3) is 4.37. The van der Waals surface area contributed by atoms with Crippen LogP contribution in [0.3, 0.4) is 0 Å². The van der Waals surface area contributed by atoms with Crippen molar-refractivity contribution in [3.05, 3.63) is 124 Å². The van der Waals surface area contributed by atoms with E-state index in [9.17, 15) is 22.8 Å². The molecule has 5 aromatic rings. The van der Waals surface area contributed by atoms with Gasteiger partial charge in [-0.2, -0.15) is 10.5 Å². The lowest BCUT2D eigenvalue weighted by molar-refractivity contribution is 0.454. The van der Waals surface area contributed by atoms with Crippen molar-refractivity contribution in [1.82, 2.24) is 4.98 Å². The van der Waals surface area contributed by atoms with Crippen LogP contribution in [-0.2, 0) is 0 Å². The van der Waals surface area contributed by atoms with E-state index < -0.39 is 34.4 Å². The normalized spacial score (nSPS) is 13.4. The van der Waals surface area contributed by atoms with Crippen LogP contribution < -0.4 is 0 Å². The first-order chi connectivity index (χ1) is 20.8. The largest absolute Gasteiger partial charge is 0.298 e. The zero-order valence-electron chi connectivity index (χ0n) is 21.8. The molecule has 43 heavy (non-hydrogen) atoms. The number of benzene rings is 4. The first-order valence-electron chi connectivity index (χ1n) is 12.6. The summed E-state index contributed by atoms with van der Waals surface area (Å²) >= 11 is 4.14. The van der Waals surface area contributed by atoms with E-state index >= 15 is 0 Å². The monoisotopic (exact) mass is 589 g/mol. The molecule has 1 N–H and O–H groups in total. The van der Waals surface area contributed by atoms with Crippen LogP contribution >= 0.6 is 12.8 Å². The molecule has 6 rings (SSSR count). The summed E-state index contributed by atoms with van der Waals surface area (Å²) in [7, 11) is 0. The molecule has 0 amide bonds. The first kappa shape index (κ1) is 27.6. The Balaban J connectivity index is 1.66. The predicted octanol–water partition coefficient (Wildman–Crippen LogP) is 8.08. The molecule has 0 radical (unpaired) electrons. The molecule has 0 aliphatic heterocycles. The number of pyridine rings is 1. The van der Waals surface area contributed by atoms with Gasteiger partial charge < -0.3 is 0 Å². The van der Waals surface area contributed by atoms with Gasteiger partial charge in [0.15, 0.2) is 23.3 Å². The lowest BCUT2D eigenvalue weighted by Crippen LogP contribution is -2.22. The van der Waals surface area contributed by atoms with Gasteiger partial charge in [0.1, 0.15) is 17.3 Å². The van der Waals surface area contributed by atoms with Gasteiger partial charge >= 0.3 is 0 Å². The number of rotatable bonds is 3. The van der Waals surface area contributed by atoms with Gasteiger partial charge in [0.2, 0.25) is 0 Å². The molecule has 0 saturated carbocycles. The van der Waals surface area contributed by atoms with E-state index in [0.29, 0.717) is 44.5 Å². The Labute approximate surface area is 247 Å². The number of allylic oxidation sites excluding steroid dienone is 1. The van der Waals surface area contributed by atoms with Gasteiger partial charge in [0.25, 0.3) is 0 Å². The Morgan fingerprint density at radius 2 is 1.40 bits per heavy atom. The molecule has 0 atom stereocenters. The van der Waals surface area contributed by atoms with Crippen LogP contribution in [0.25, 0.3) is 44.9 Å². The second-order valence-corrected chi connectivity index (χ2v) is 9.74. The summed E-state index contributed by atoms with van der Waals surface area (Å²) in [5.74, 6) is -7.00. The number of fused-ring (bicyclic) bond motifs is 3. The predicted molar refractivity (Wildman–Crippen MR) is 159 cm³/mol. The Morgan fingerprint density at radius 3 is 2.00 bits per heavy atom. The fourth-order valence-corrected chi connectivity index (χ4v) is 5.37. The number of hydrogen-bond acceptors (Lipinski definition) is 6. The fourth-order valence-electron chi connectivity index (χ4n) is 5.16. The van der Waals surface area contributed by atoms with Crippen LogP contribution in [-0.4, -0.2) is 16.4 Å². The molecule has 5 nitrogen and oxygen atoms in total. The molecular weight excluding hydrogens is 574 g/mol. The average molecular weight is 590 g/mol. The van der Waals surface area contributed by atoms with E-state index in [2.05, 4.69) is 23.3 Å². The molecule has 1 aromatic heterocycles. The number of hydrogen-bond donors (Lipinski definition) is 2. The minimum absolute atomic E-state index is 0.00276. The van der Waals surface area contributed by atoms with Crippen molar-refractivity contribution in [3.63, 3.8) is 0 Å². The summed E-state index contributed by atoms with van der Waals surface area (Å²) in [6.07, 6.45) is 1.82. The number of aromatic nitrogens is 1. The van der Waals surface area contributed by atoms with Crippen LogP contribution in [0.5, 0.6) is 0 Å². The van der Waals surface area contributed by atoms with Crippen LogP contribution in [0, 0.1) is 51.3 Å². The summed E-state index contributed by atoms with van der Waals surface area (Å²) in [5, 5.41) is 27.8. The number of nitrogens with one attached hydrogen (secondary N) is 1. The molecular formula is C33H15F4N5S. The second-order valence-electron chi connectivity index (χ2n) is 9.54. The zero-order chi connectivity index (χ0) is 30.4. The zero-order valence-corrected chi connectivity index (χ0v) is 22.6. The van der Waals surface area contributed by atoms with Gasteiger partial charge in [-0.3, -0.25) is 5.41 Å². The van der Waals surface area contributed by atoms with E-state index in [1.54, 1.807) is 36.4 Å². The number of halogens is 4. The summed E-state index contributed by atoms with van der Waals surface area (Å²) in [6, 6.07) is 23.0. The highest BCUT2D eigenvalue weighted by atomic mass is 32.1. The van der Waals surface area contributed by atoms with Gasteiger partial charge in [-0.05, 0) is 48.2 Å². The Hall–Kier alpha value is -5.58. The highest BCUT2D eigenvalue weighted by Crippen LogP contribution is 2.40. The topological polar surface area (TPSA) is 96.7 Å². The van der Waals surface area contributed by atoms with Crippen molar-refractivity contribution in [2.45, 2.75) is 0 Å². The molecule has 0 unspecified atom stereocenters. The highest BCUT2D eigenvalue weighted by Gasteiger charge is 2.30. The summed E-state index contributed by atoms with van der Waals surface area (Å²) < 4.78 is 63.0. The van der Waals surface area contributed by atoms with E-state index in [4.69, 9.17) is 15.7 Å². The van der Waals surface area contributed by atoms with Crippen LogP contribution in [0.2, 0.25) is 0 Å².